The highest BCUT2D eigenvalue weighted by Crippen LogP contribution is 2.49. The Morgan fingerprint density at radius 2 is 1.12 bits per heavy atom. The average molecular weight is 668 g/mol. The molecule has 52 heavy (non-hydrogen) atoms. The van der Waals surface area contributed by atoms with Gasteiger partial charge in [0, 0.05) is 34.0 Å². The van der Waals surface area contributed by atoms with Crippen molar-refractivity contribution in [2.45, 2.75) is 19.3 Å². The summed E-state index contributed by atoms with van der Waals surface area (Å²) in [6.45, 7) is 5.44. The normalized spacial score (nSPS) is 14.4. The van der Waals surface area contributed by atoms with Crippen LogP contribution in [0.5, 0.6) is 0 Å². The minimum Gasteiger partial charge on any atom is -0.366 e. The molecule has 3 heteroatoms. The van der Waals surface area contributed by atoms with E-state index in [9.17, 15) is 0 Å². The predicted octanol–water partition coefficient (Wildman–Crippen LogP) is 11.8. The van der Waals surface area contributed by atoms with Crippen molar-refractivity contribution in [2.75, 3.05) is 6.54 Å². The molecule has 0 amide bonds. The Balaban J connectivity index is 0.992. The van der Waals surface area contributed by atoms with Gasteiger partial charge in [-0.05, 0) is 98.6 Å². The summed E-state index contributed by atoms with van der Waals surface area (Å²) >= 11 is 0. The van der Waals surface area contributed by atoms with E-state index in [2.05, 4.69) is 188 Å². The van der Waals surface area contributed by atoms with Crippen LogP contribution in [0.2, 0.25) is 0 Å². The van der Waals surface area contributed by atoms with E-state index in [-0.39, 0.29) is 5.41 Å². The highest BCUT2D eigenvalue weighted by atomic mass is 15.0. The molecule has 0 unspecified atom stereocenters. The second kappa shape index (κ2) is 11.8. The largest absolute Gasteiger partial charge is 0.366 e. The number of hydrogen-bond donors (Lipinski definition) is 1. The molecule has 1 aliphatic carbocycles. The van der Waals surface area contributed by atoms with E-state index in [1.807, 2.05) is 6.07 Å². The van der Waals surface area contributed by atoms with Crippen LogP contribution >= 0.6 is 0 Å². The molecule has 2 aliphatic rings. The predicted molar refractivity (Wildman–Crippen MR) is 218 cm³/mol. The lowest BCUT2D eigenvalue weighted by molar-refractivity contribution is 0.660. The number of rotatable bonds is 5. The third-order valence-electron chi connectivity index (χ3n) is 11.1. The van der Waals surface area contributed by atoms with Gasteiger partial charge in [-0.25, -0.2) is 4.99 Å². The highest BCUT2D eigenvalue weighted by Gasteiger charge is 2.35. The van der Waals surface area contributed by atoms with Gasteiger partial charge in [0.25, 0.3) is 0 Å². The fourth-order valence-corrected chi connectivity index (χ4v) is 8.34. The lowest BCUT2D eigenvalue weighted by atomic mass is 9.81. The summed E-state index contributed by atoms with van der Waals surface area (Å²) in [5.41, 5.74) is 17.1. The van der Waals surface area contributed by atoms with Crippen molar-refractivity contribution >= 4 is 33.3 Å². The van der Waals surface area contributed by atoms with Crippen molar-refractivity contribution in [1.29, 1.82) is 0 Å². The number of aliphatic imine (C=N–C) groups is 1. The Kier molecular flexibility index (Phi) is 6.91. The van der Waals surface area contributed by atoms with Gasteiger partial charge in [0.15, 0.2) is 0 Å². The van der Waals surface area contributed by atoms with Crippen LogP contribution in [0.1, 0.15) is 36.1 Å². The maximum atomic E-state index is 4.98. The van der Waals surface area contributed by atoms with Gasteiger partial charge in [-0.1, -0.05) is 135 Å². The fraction of sp³-hybridized carbons (Fsp3) is 0.0816. The zero-order valence-electron chi connectivity index (χ0n) is 29.3. The smallest absolute Gasteiger partial charge is 0.134 e. The van der Waals surface area contributed by atoms with E-state index in [0.29, 0.717) is 0 Å². The zero-order chi connectivity index (χ0) is 34.8. The third kappa shape index (κ3) is 4.85. The number of benzene rings is 7. The van der Waals surface area contributed by atoms with E-state index in [0.717, 1.165) is 34.9 Å². The molecule has 1 N–H and O–H groups in total. The van der Waals surface area contributed by atoms with E-state index >= 15 is 0 Å². The molecular weight excluding hydrogens is 631 g/mol. The van der Waals surface area contributed by atoms with Crippen LogP contribution in [-0.4, -0.2) is 16.9 Å². The van der Waals surface area contributed by atoms with E-state index < -0.39 is 0 Å². The summed E-state index contributed by atoms with van der Waals surface area (Å²) in [6, 6.07) is 59.6. The maximum absolute atomic E-state index is 4.98. The third-order valence-corrected chi connectivity index (χ3v) is 11.1. The molecule has 7 aromatic carbocycles. The van der Waals surface area contributed by atoms with Crippen molar-refractivity contribution < 1.29 is 0 Å². The lowest BCUT2D eigenvalue weighted by Gasteiger charge is -2.22. The SMILES string of the molecule is CC1(C)c2ccccc2-c2ccc(-c3ccc(-c4ccc5c6ccccc6n(-c6ccc(C7=NC(c8ccccc8)=CCN7)cc6)c5c4)cc3)cc21. The van der Waals surface area contributed by atoms with Crippen molar-refractivity contribution in [1.82, 2.24) is 9.88 Å². The number of fused-ring (bicyclic) bond motifs is 6. The standard InChI is InChI=1S/C49H37N3/c1-49(2)43-14-8-6-12-39(43)40-26-22-36(30-44(40)49)32-16-18-33(19-17-32)37-23-27-42-41-13-7-9-15-46(41)52(47(42)31-37)38-24-20-35(21-25-38)48-50-29-28-45(51-48)34-10-4-3-5-11-34/h3-28,30-31H,29H2,1-2H3,(H,50,51). The molecule has 0 radical (unpaired) electrons. The Morgan fingerprint density at radius 3 is 1.92 bits per heavy atom. The van der Waals surface area contributed by atoms with Gasteiger partial charge in [-0.15, -0.1) is 0 Å². The Bertz CT molecular complexity index is 2730. The Labute approximate surface area is 304 Å². The number of aromatic nitrogens is 1. The molecular formula is C49H37N3. The maximum Gasteiger partial charge on any atom is 0.134 e. The number of nitrogens with zero attached hydrogens (tertiary/aromatic N) is 2. The molecule has 3 nitrogen and oxygen atoms in total. The van der Waals surface area contributed by atoms with Crippen LogP contribution in [0.3, 0.4) is 0 Å². The minimum absolute atomic E-state index is 0.0136. The summed E-state index contributed by atoms with van der Waals surface area (Å²) in [5.74, 6) is 0.898. The molecule has 0 bridgehead atoms. The van der Waals surface area contributed by atoms with E-state index in [1.54, 1.807) is 0 Å². The van der Waals surface area contributed by atoms with Crippen LogP contribution in [0.4, 0.5) is 0 Å². The monoisotopic (exact) mass is 667 g/mol. The summed E-state index contributed by atoms with van der Waals surface area (Å²) in [7, 11) is 0. The van der Waals surface area contributed by atoms with Gasteiger partial charge in [-0.2, -0.15) is 0 Å². The summed E-state index contributed by atoms with van der Waals surface area (Å²) < 4.78 is 2.39. The summed E-state index contributed by atoms with van der Waals surface area (Å²) in [5, 5.41) is 5.97. The first-order chi connectivity index (χ1) is 25.5. The topological polar surface area (TPSA) is 29.3 Å². The molecule has 0 fully saturated rings. The van der Waals surface area contributed by atoms with Crippen molar-refractivity contribution in [3.63, 3.8) is 0 Å². The van der Waals surface area contributed by atoms with Gasteiger partial charge in [0.05, 0.1) is 16.7 Å². The molecule has 10 rings (SSSR count). The minimum atomic E-state index is -0.0136. The Hall–Kier alpha value is -6.45. The van der Waals surface area contributed by atoms with E-state index in [1.165, 1.54) is 66.3 Å². The molecule has 2 heterocycles. The van der Waals surface area contributed by atoms with Crippen molar-refractivity contribution in [3.05, 3.63) is 192 Å². The van der Waals surface area contributed by atoms with Crippen LogP contribution in [0.15, 0.2) is 175 Å². The van der Waals surface area contributed by atoms with Crippen LogP contribution < -0.4 is 5.32 Å². The molecule has 0 atom stereocenters. The number of para-hydroxylation sites is 1. The molecule has 1 aromatic heterocycles. The average Bonchev–Trinajstić information content (AvgIpc) is 3.66. The van der Waals surface area contributed by atoms with Gasteiger partial charge in [-0.3, -0.25) is 0 Å². The molecule has 1 aliphatic heterocycles. The fourth-order valence-electron chi connectivity index (χ4n) is 8.34. The zero-order valence-corrected chi connectivity index (χ0v) is 29.3. The van der Waals surface area contributed by atoms with Crippen LogP contribution in [0, 0.1) is 0 Å². The van der Waals surface area contributed by atoms with Gasteiger partial charge in [0.1, 0.15) is 5.84 Å². The number of amidine groups is 1. The molecule has 0 spiro atoms. The van der Waals surface area contributed by atoms with Crippen LogP contribution in [-0.2, 0) is 5.41 Å². The first kappa shape index (κ1) is 30.4. The number of hydrogen-bond acceptors (Lipinski definition) is 2. The van der Waals surface area contributed by atoms with E-state index in [4.69, 9.17) is 4.99 Å². The number of nitrogens with one attached hydrogen (secondary N) is 1. The Morgan fingerprint density at radius 1 is 0.500 bits per heavy atom. The first-order valence-electron chi connectivity index (χ1n) is 18.1. The first-order valence-corrected chi connectivity index (χ1v) is 18.1. The molecule has 0 saturated heterocycles. The van der Waals surface area contributed by atoms with Crippen molar-refractivity contribution in [3.8, 4) is 39.1 Å². The van der Waals surface area contributed by atoms with Gasteiger partial charge in [0.2, 0.25) is 0 Å². The molecule has 248 valence electrons. The molecule has 0 saturated carbocycles. The van der Waals surface area contributed by atoms with Crippen molar-refractivity contribution in [2.24, 2.45) is 4.99 Å². The lowest BCUT2D eigenvalue weighted by Crippen LogP contribution is -2.27. The van der Waals surface area contributed by atoms with Gasteiger partial charge < -0.3 is 9.88 Å². The highest BCUT2D eigenvalue weighted by molar-refractivity contribution is 6.10. The quantitative estimate of drug-likeness (QED) is 0.194. The molecule has 8 aromatic rings. The second-order valence-electron chi connectivity index (χ2n) is 14.4. The summed E-state index contributed by atoms with van der Waals surface area (Å²) in [4.78, 5) is 4.98. The summed E-state index contributed by atoms with van der Waals surface area (Å²) in [6.07, 6.45) is 2.14. The van der Waals surface area contributed by atoms with Crippen LogP contribution in [0.25, 0.3) is 66.6 Å². The second-order valence-corrected chi connectivity index (χ2v) is 14.4. The van der Waals surface area contributed by atoms with Gasteiger partial charge >= 0.3 is 0 Å².